The molecule has 4 nitrogen and oxygen atoms in total. The number of fused-ring (bicyclic) bond motifs is 1. The Morgan fingerprint density at radius 3 is 2.71 bits per heavy atom. The quantitative estimate of drug-likeness (QED) is 0.909. The molecule has 1 heterocycles. The first-order valence-electron chi connectivity index (χ1n) is 7.62. The maximum absolute atomic E-state index is 12.3. The number of carbonyl (C=O) groups is 2. The van der Waals surface area contributed by atoms with E-state index in [9.17, 15) is 9.59 Å². The third-order valence-corrected chi connectivity index (χ3v) is 4.21. The first-order chi connectivity index (χ1) is 9.94. The maximum atomic E-state index is 12.3. The number of hydrogen-bond donors (Lipinski definition) is 1. The summed E-state index contributed by atoms with van der Waals surface area (Å²) in [7, 11) is 0. The van der Waals surface area contributed by atoms with Crippen LogP contribution < -0.4 is 10.1 Å². The molecule has 1 aliphatic heterocycles. The lowest BCUT2D eigenvalue weighted by Gasteiger charge is -2.31. The molecular formula is C17H21NO3. The Morgan fingerprint density at radius 1 is 1.29 bits per heavy atom. The van der Waals surface area contributed by atoms with E-state index in [0.29, 0.717) is 23.3 Å². The van der Waals surface area contributed by atoms with Crippen LogP contribution >= 0.6 is 0 Å². The van der Waals surface area contributed by atoms with Gasteiger partial charge in [-0.15, -0.1) is 0 Å². The maximum Gasteiger partial charge on any atom is 0.251 e. The van der Waals surface area contributed by atoms with E-state index in [1.165, 1.54) is 12.8 Å². The second-order valence-corrected chi connectivity index (χ2v) is 6.63. The topological polar surface area (TPSA) is 55.4 Å². The van der Waals surface area contributed by atoms with E-state index in [4.69, 9.17) is 4.74 Å². The van der Waals surface area contributed by atoms with E-state index in [-0.39, 0.29) is 17.7 Å². The van der Waals surface area contributed by atoms with Gasteiger partial charge in [0, 0.05) is 11.6 Å². The molecule has 1 saturated carbocycles. The Bertz CT molecular complexity index is 586. The van der Waals surface area contributed by atoms with Crippen molar-refractivity contribution >= 4 is 11.7 Å². The fourth-order valence-corrected chi connectivity index (χ4v) is 3.13. The van der Waals surface area contributed by atoms with Crippen molar-refractivity contribution < 1.29 is 14.3 Å². The van der Waals surface area contributed by atoms with Gasteiger partial charge in [-0.3, -0.25) is 9.59 Å². The summed E-state index contributed by atoms with van der Waals surface area (Å²) in [6.45, 7) is 3.79. The number of Topliss-reactive ketones (excluding diaryl/α,β-unsaturated/α-hetero) is 1. The molecule has 1 fully saturated rings. The molecule has 1 N–H and O–H groups in total. The molecule has 0 aromatic heterocycles. The Labute approximate surface area is 124 Å². The highest BCUT2D eigenvalue weighted by Gasteiger charge is 2.33. The molecule has 2 aliphatic rings. The molecule has 0 bridgehead atoms. The Hall–Kier alpha value is -1.84. The summed E-state index contributed by atoms with van der Waals surface area (Å²) < 4.78 is 5.81. The molecule has 0 saturated heterocycles. The van der Waals surface area contributed by atoms with Crippen LogP contribution in [0.1, 0.15) is 66.7 Å². The Morgan fingerprint density at radius 2 is 2.00 bits per heavy atom. The zero-order chi connectivity index (χ0) is 15.0. The highest BCUT2D eigenvalue weighted by atomic mass is 16.5. The second kappa shape index (κ2) is 5.17. The summed E-state index contributed by atoms with van der Waals surface area (Å²) in [6, 6.07) is 5.41. The van der Waals surface area contributed by atoms with Crippen LogP contribution in [0.25, 0.3) is 0 Å². The zero-order valence-electron chi connectivity index (χ0n) is 12.6. The van der Waals surface area contributed by atoms with Crippen molar-refractivity contribution in [2.75, 3.05) is 0 Å². The van der Waals surface area contributed by atoms with Crippen molar-refractivity contribution in [3.05, 3.63) is 29.3 Å². The number of ether oxygens (including phenoxy) is 1. The second-order valence-electron chi connectivity index (χ2n) is 6.63. The van der Waals surface area contributed by atoms with Gasteiger partial charge in [-0.25, -0.2) is 0 Å². The normalized spacial score (nSPS) is 20.8. The van der Waals surface area contributed by atoms with Crippen LogP contribution in [0.15, 0.2) is 18.2 Å². The lowest BCUT2D eigenvalue weighted by atomic mass is 9.92. The van der Waals surface area contributed by atoms with Gasteiger partial charge in [0.2, 0.25) is 0 Å². The zero-order valence-corrected chi connectivity index (χ0v) is 12.6. The van der Waals surface area contributed by atoms with Gasteiger partial charge in [-0.2, -0.15) is 0 Å². The van der Waals surface area contributed by atoms with Gasteiger partial charge in [-0.1, -0.05) is 12.8 Å². The predicted octanol–water partition coefficient (Wildman–Crippen LogP) is 3.10. The Kier molecular flexibility index (Phi) is 3.47. The molecule has 1 aromatic rings. The van der Waals surface area contributed by atoms with E-state index >= 15 is 0 Å². The predicted molar refractivity (Wildman–Crippen MR) is 79.8 cm³/mol. The summed E-state index contributed by atoms with van der Waals surface area (Å²) in [6.07, 6.45) is 4.79. The summed E-state index contributed by atoms with van der Waals surface area (Å²) in [5.41, 5.74) is 0.586. The molecular weight excluding hydrogens is 266 g/mol. The van der Waals surface area contributed by atoms with Gasteiger partial charge in [0.25, 0.3) is 5.91 Å². The summed E-state index contributed by atoms with van der Waals surface area (Å²) in [4.78, 5) is 24.5. The molecule has 21 heavy (non-hydrogen) atoms. The third-order valence-electron chi connectivity index (χ3n) is 4.21. The number of carbonyl (C=O) groups excluding carboxylic acids is 2. The standard InChI is InChI=1S/C17H21NO3/c1-17(2)10-14(19)13-9-11(7-8-15(13)21-17)16(20)18-12-5-3-4-6-12/h7-9,12H,3-6,10H2,1-2H3,(H,18,20). The fraction of sp³-hybridized carbons (Fsp3) is 0.529. The van der Waals surface area contributed by atoms with Crippen LogP contribution in [-0.2, 0) is 0 Å². The van der Waals surface area contributed by atoms with E-state index in [2.05, 4.69) is 5.32 Å². The fourth-order valence-electron chi connectivity index (χ4n) is 3.13. The van der Waals surface area contributed by atoms with Gasteiger partial charge in [0.05, 0.1) is 12.0 Å². The smallest absolute Gasteiger partial charge is 0.251 e. The monoisotopic (exact) mass is 287 g/mol. The highest BCUT2D eigenvalue weighted by Crippen LogP contribution is 2.33. The van der Waals surface area contributed by atoms with Crippen LogP contribution in [0.3, 0.4) is 0 Å². The third kappa shape index (κ3) is 2.94. The minimum absolute atomic E-state index is 0.0387. The van der Waals surface area contributed by atoms with Crippen LogP contribution in [-0.4, -0.2) is 23.3 Å². The van der Waals surface area contributed by atoms with Crippen molar-refractivity contribution in [3.8, 4) is 5.75 Å². The lowest BCUT2D eigenvalue weighted by molar-refractivity contribution is 0.0620. The summed E-state index contributed by atoms with van der Waals surface area (Å²) >= 11 is 0. The van der Waals surface area contributed by atoms with Gasteiger partial charge in [-0.05, 0) is 44.9 Å². The van der Waals surface area contributed by atoms with E-state index in [0.717, 1.165) is 12.8 Å². The van der Waals surface area contributed by atoms with Crippen LogP contribution in [0.5, 0.6) is 5.75 Å². The molecule has 4 heteroatoms. The SMILES string of the molecule is CC1(C)CC(=O)c2cc(C(=O)NC3CCCC3)ccc2O1. The average Bonchev–Trinajstić information content (AvgIpc) is 2.90. The van der Waals surface area contributed by atoms with Crippen LogP contribution in [0.2, 0.25) is 0 Å². The highest BCUT2D eigenvalue weighted by molar-refractivity contribution is 6.03. The van der Waals surface area contributed by atoms with Gasteiger partial charge < -0.3 is 10.1 Å². The molecule has 0 radical (unpaired) electrons. The number of rotatable bonds is 2. The van der Waals surface area contributed by atoms with E-state index in [1.54, 1.807) is 18.2 Å². The number of amides is 1. The van der Waals surface area contributed by atoms with Crippen molar-refractivity contribution in [2.45, 2.75) is 57.6 Å². The summed E-state index contributed by atoms with van der Waals surface area (Å²) in [5.74, 6) is 0.521. The number of ketones is 1. The molecule has 1 aliphatic carbocycles. The van der Waals surface area contributed by atoms with Gasteiger partial charge >= 0.3 is 0 Å². The van der Waals surface area contributed by atoms with E-state index < -0.39 is 5.60 Å². The van der Waals surface area contributed by atoms with Crippen molar-refractivity contribution in [1.82, 2.24) is 5.32 Å². The molecule has 0 atom stereocenters. The average molecular weight is 287 g/mol. The Balaban J connectivity index is 1.81. The van der Waals surface area contributed by atoms with Crippen LogP contribution in [0.4, 0.5) is 0 Å². The number of benzene rings is 1. The number of nitrogens with one attached hydrogen (secondary N) is 1. The van der Waals surface area contributed by atoms with Gasteiger partial charge in [0.15, 0.2) is 5.78 Å². The minimum atomic E-state index is -0.474. The minimum Gasteiger partial charge on any atom is -0.487 e. The lowest BCUT2D eigenvalue weighted by Crippen LogP contribution is -2.36. The molecule has 0 spiro atoms. The van der Waals surface area contributed by atoms with Crippen LogP contribution in [0, 0.1) is 0 Å². The first-order valence-corrected chi connectivity index (χ1v) is 7.62. The first kappa shape index (κ1) is 14.1. The molecule has 112 valence electrons. The van der Waals surface area contributed by atoms with Crippen molar-refractivity contribution in [1.29, 1.82) is 0 Å². The largest absolute Gasteiger partial charge is 0.487 e. The van der Waals surface area contributed by atoms with E-state index in [1.807, 2.05) is 13.8 Å². The molecule has 0 unspecified atom stereocenters. The van der Waals surface area contributed by atoms with Crippen molar-refractivity contribution in [2.24, 2.45) is 0 Å². The van der Waals surface area contributed by atoms with Crippen molar-refractivity contribution in [3.63, 3.8) is 0 Å². The molecule has 1 aromatic carbocycles. The molecule has 3 rings (SSSR count). The summed E-state index contributed by atoms with van der Waals surface area (Å²) in [5, 5.41) is 3.04. The molecule has 1 amide bonds. The number of hydrogen-bond acceptors (Lipinski definition) is 3. The van der Waals surface area contributed by atoms with Gasteiger partial charge in [0.1, 0.15) is 11.4 Å².